The molecule has 0 radical (unpaired) electrons. The lowest BCUT2D eigenvalue weighted by molar-refractivity contribution is 0.415. The zero-order chi connectivity index (χ0) is 13.9. The maximum absolute atomic E-state index is 5.87. The van der Waals surface area contributed by atoms with Gasteiger partial charge in [-0.25, -0.2) is 0 Å². The number of fused-ring (bicyclic) bond motifs is 1. The van der Waals surface area contributed by atoms with Crippen LogP contribution >= 0.6 is 0 Å². The number of aromatic nitrogens is 1. The second-order valence-corrected chi connectivity index (χ2v) is 4.50. The lowest BCUT2D eigenvalue weighted by Gasteiger charge is -2.11. The Bertz CT molecular complexity index is 750. The summed E-state index contributed by atoms with van der Waals surface area (Å²) in [5.41, 5.74) is 9.26. The first kappa shape index (κ1) is 12.3. The lowest BCUT2D eigenvalue weighted by Crippen LogP contribution is -1.96. The number of nitrogen functional groups attached to an aromatic ring is 1. The fraction of sp³-hybridized carbons (Fsp3) is 0.0625. The Labute approximate surface area is 117 Å². The minimum absolute atomic E-state index is 0.653. The molecule has 4 nitrogen and oxygen atoms in total. The van der Waals surface area contributed by atoms with Crippen LogP contribution in [0.5, 0.6) is 5.75 Å². The maximum atomic E-state index is 5.87. The van der Waals surface area contributed by atoms with E-state index in [0.29, 0.717) is 5.69 Å². The van der Waals surface area contributed by atoms with Crippen LogP contribution in [0.4, 0.5) is 17.1 Å². The van der Waals surface area contributed by atoms with Gasteiger partial charge in [0.1, 0.15) is 5.75 Å². The monoisotopic (exact) mass is 265 g/mol. The van der Waals surface area contributed by atoms with Crippen LogP contribution in [0.15, 0.2) is 54.7 Å². The first-order valence-electron chi connectivity index (χ1n) is 6.31. The molecule has 0 spiro atoms. The standard InChI is InChI=1S/C16H15N3O/c1-20-14-9-12(17)8-13(10-14)19-15-6-2-4-11-5-3-7-18-16(11)15/h2-10,19H,17H2,1H3. The molecule has 4 heteroatoms. The number of nitrogens with two attached hydrogens (primary N) is 1. The van der Waals surface area contributed by atoms with Gasteiger partial charge in [0.05, 0.1) is 18.3 Å². The van der Waals surface area contributed by atoms with Crippen LogP contribution < -0.4 is 15.8 Å². The summed E-state index contributed by atoms with van der Waals surface area (Å²) in [6.45, 7) is 0. The summed E-state index contributed by atoms with van der Waals surface area (Å²) in [4.78, 5) is 4.42. The minimum Gasteiger partial charge on any atom is -0.497 e. The van der Waals surface area contributed by atoms with Gasteiger partial charge >= 0.3 is 0 Å². The number of nitrogens with zero attached hydrogens (tertiary/aromatic N) is 1. The van der Waals surface area contributed by atoms with Crippen molar-refractivity contribution in [1.82, 2.24) is 4.98 Å². The molecule has 3 N–H and O–H groups in total. The first-order chi connectivity index (χ1) is 9.76. The molecule has 0 aliphatic rings. The Morgan fingerprint density at radius 1 is 1.10 bits per heavy atom. The van der Waals surface area contributed by atoms with E-state index < -0.39 is 0 Å². The van der Waals surface area contributed by atoms with Crippen LogP contribution in [0, 0.1) is 0 Å². The highest BCUT2D eigenvalue weighted by atomic mass is 16.5. The van der Waals surface area contributed by atoms with Crippen LogP contribution in [-0.2, 0) is 0 Å². The first-order valence-corrected chi connectivity index (χ1v) is 6.31. The van der Waals surface area contributed by atoms with E-state index in [1.165, 1.54) is 0 Å². The molecule has 0 fully saturated rings. The Hall–Kier alpha value is -2.75. The SMILES string of the molecule is COc1cc(N)cc(Nc2cccc3cccnc23)c1. The summed E-state index contributed by atoms with van der Waals surface area (Å²) in [5.74, 6) is 0.723. The van der Waals surface area contributed by atoms with E-state index in [4.69, 9.17) is 10.5 Å². The zero-order valence-corrected chi connectivity index (χ0v) is 11.1. The lowest BCUT2D eigenvalue weighted by atomic mass is 10.2. The van der Waals surface area contributed by atoms with Crippen molar-refractivity contribution in [2.75, 3.05) is 18.2 Å². The smallest absolute Gasteiger partial charge is 0.122 e. The van der Waals surface area contributed by atoms with Crippen molar-refractivity contribution in [3.63, 3.8) is 0 Å². The summed E-state index contributed by atoms with van der Waals surface area (Å²) >= 11 is 0. The highest BCUT2D eigenvalue weighted by Gasteiger charge is 2.04. The van der Waals surface area contributed by atoms with E-state index in [-0.39, 0.29) is 0 Å². The number of pyridine rings is 1. The van der Waals surface area contributed by atoms with Crippen molar-refractivity contribution in [3.8, 4) is 5.75 Å². The van der Waals surface area contributed by atoms with Gasteiger partial charge in [-0.05, 0) is 18.2 Å². The molecular formula is C16H15N3O. The molecule has 0 unspecified atom stereocenters. The van der Waals surface area contributed by atoms with E-state index in [2.05, 4.69) is 10.3 Å². The molecular weight excluding hydrogens is 250 g/mol. The number of nitrogens with one attached hydrogen (secondary N) is 1. The van der Waals surface area contributed by atoms with Gasteiger partial charge < -0.3 is 15.8 Å². The third-order valence-electron chi connectivity index (χ3n) is 3.08. The number of methoxy groups -OCH3 is 1. The van der Waals surface area contributed by atoms with Crippen molar-refractivity contribution < 1.29 is 4.74 Å². The van der Waals surface area contributed by atoms with Gasteiger partial charge in [0.25, 0.3) is 0 Å². The molecule has 1 aromatic heterocycles. The fourth-order valence-corrected chi connectivity index (χ4v) is 2.17. The van der Waals surface area contributed by atoms with E-state index in [9.17, 15) is 0 Å². The van der Waals surface area contributed by atoms with Gasteiger partial charge in [-0.3, -0.25) is 4.98 Å². The largest absolute Gasteiger partial charge is 0.497 e. The van der Waals surface area contributed by atoms with Gasteiger partial charge in [-0.15, -0.1) is 0 Å². The number of benzene rings is 2. The number of hydrogen-bond donors (Lipinski definition) is 2. The second-order valence-electron chi connectivity index (χ2n) is 4.50. The summed E-state index contributed by atoms with van der Waals surface area (Å²) in [7, 11) is 1.62. The number of rotatable bonds is 3. The molecule has 0 aliphatic carbocycles. The van der Waals surface area contributed by atoms with Gasteiger partial charge in [0.2, 0.25) is 0 Å². The van der Waals surface area contributed by atoms with Crippen LogP contribution in [0.1, 0.15) is 0 Å². The van der Waals surface area contributed by atoms with Crippen molar-refractivity contribution in [2.45, 2.75) is 0 Å². The molecule has 0 atom stereocenters. The molecule has 3 aromatic rings. The number of hydrogen-bond acceptors (Lipinski definition) is 4. The summed E-state index contributed by atoms with van der Waals surface area (Å²) in [6, 6.07) is 15.5. The average molecular weight is 265 g/mol. The Morgan fingerprint density at radius 2 is 1.95 bits per heavy atom. The maximum Gasteiger partial charge on any atom is 0.122 e. The highest BCUT2D eigenvalue weighted by molar-refractivity contribution is 5.92. The van der Waals surface area contributed by atoms with Gasteiger partial charge in [0.15, 0.2) is 0 Å². The van der Waals surface area contributed by atoms with Crippen molar-refractivity contribution in [3.05, 3.63) is 54.7 Å². The van der Waals surface area contributed by atoms with Gasteiger partial charge in [-0.2, -0.15) is 0 Å². The molecule has 0 saturated heterocycles. The van der Waals surface area contributed by atoms with Crippen LogP contribution in [-0.4, -0.2) is 12.1 Å². The third kappa shape index (κ3) is 2.36. The molecule has 2 aromatic carbocycles. The van der Waals surface area contributed by atoms with E-state index in [1.807, 2.05) is 42.5 Å². The van der Waals surface area contributed by atoms with E-state index in [1.54, 1.807) is 19.4 Å². The molecule has 3 rings (SSSR count). The molecule has 0 bridgehead atoms. The fourth-order valence-electron chi connectivity index (χ4n) is 2.17. The number of anilines is 3. The topological polar surface area (TPSA) is 60.2 Å². The quantitative estimate of drug-likeness (QED) is 0.711. The molecule has 1 heterocycles. The van der Waals surface area contributed by atoms with Gasteiger partial charge in [-0.1, -0.05) is 18.2 Å². The van der Waals surface area contributed by atoms with Crippen LogP contribution in [0.2, 0.25) is 0 Å². The minimum atomic E-state index is 0.653. The molecule has 20 heavy (non-hydrogen) atoms. The van der Waals surface area contributed by atoms with Gasteiger partial charge in [0, 0.05) is 35.1 Å². The molecule has 100 valence electrons. The predicted octanol–water partition coefficient (Wildman–Crippen LogP) is 3.57. The Morgan fingerprint density at radius 3 is 2.80 bits per heavy atom. The number of para-hydroxylation sites is 1. The van der Waals surface area contributed by atoms with Crippen LogP contribution in [0.3, 0.4) is 0 Å². The Kier molecular flexibility index (Phi) is 3.13. The third-order valence-corrected chi connectivity index (χ3v) is 3.08. The number of ether oxygens (including phenoxy) is 1. The van der Waals surface area contributed by atoms with Crippen LogP contribution in [0.25, 0.3) is 10.9 Å². The summed E-state index contributed by atoms with van der Waals surface area (Å²) in [6.07, 6.45) is 1.79. The van der Waals surface area contributed by atoms with Crippen molar-refractivity contribution in [2.24, 2.45) is 0 Å². The summed E-state index contributed by atoms with van der Waals surface area (Å²) < 4.78 is 5.23. The normalized spacial score (nSPS) is 10.4. The summed E-state index contributed by atoms with van der Waals surface area (Å²) in [5, 5.41) is 4.43. The molecule has 0 amide bonds. The van der Waals surface area contributed by atoms with Crippen molar-refractivity contribution in [1.29, 1.82) is 0 Å². The average Bonchev–Trinajstić information content (AvgIpc) is 2.47. The highest BCUT2D eigenvalue weighted by Crippen LogP contribution is 2.28. The molecule has 0 saturated carbocycles. The van der Waals surface area contributed by atoms with E-state index in [0.717, 1.165) is 28.0 Å². The predicted molar refractivity (Wildman–Crippen MR) is 82.4 cm³/mol. The second kappa shape index (κ2) is 5.09. The Balaban J connectivity index is 2.03. The zero-order valence-electron chi connectivity index (χ0n) is 11.1. The molecule has 0 aliphatic heterocycles. The van der Waals surface area contributed by atoms with Crippen molar-refractivity contribution >= 4 is 28.0 Å². The van der Waals surface area contributed by atoms with E-state index >= 15 is 0 Å².